The summed E-state index contributed by atoms with van der Waals surface area (Å²) in [7, 11) is 1.67. The molecule has 0 radical (unpaired) electrons. The number of rotatable bonds is 6. The van der Waals surface area contributed by atoms with Crippen LogP contribution < -0.4 is 10.1 Å². The average Bonchev–Trinajstić information content (AvgIpc) is 3.14. The van der Waals surface area contributed by atoms with Crippen LogP contribution in [0, 0.1) is 5.92 Å². The van der Waals surface area contributed by atoms with E-state index in [2.05, 4.69) is 34.6 Å². The molecule has 0 aliphatic heterocycles. The lowest BCUT2D eigenvalue weighted by Crippen LogP contribution is -2.21. The lowest BCUT2D eigenvalue weighted by atomic mass is 9.80. The molecule has 4 aromatic rings. The molecule has 1 aromatic heterocycles. The summed E-state index contributed by atoms with van der Waals surface area (Å²) in [5.74, 6) is 1.37. The number of anilines is 2. The fourth-order valence-corrected chi connectivity index (χ4v) is 4.60. The van der Waals surface area contributed by atoms with Crippen LogP contribution in [0.3, 0.4) is 0 Å². The molecule has 1 aliphatic rings. The Morgan fingerprint density at radius 2 is 1.70 bits per heavy atom. The SMILES string of the molecule is COc1ccc2nc(Nc3ccc(-c4ccc(C(=O)C5CCC5)cc4)cc3)sc2c1. The second-order valence-corrected chi connectivity index (χ2v) is 8.66. The summed E-state index contributed by atoms with van der Waals surface area (Å²) in [5.41, 5.74) is 5.00. The first-order valence-corrected chi connectivity index (χ1v) is 11.0. The summed E-state index contributed by atoms with van der Waals surface area (Å²) < 4.78 is 6.37. The van der Waals surface area contributed by atoms with E-state index in [1.54, 1.807) is 18.4 Å². The molecule has 30 heavy (non-hydrogen) atoms. The first-order valence-electron chi connectivity index (χ1n) is 10.2. The van der Waals surface area contributed by atoms with Crippen LogP contribution in [0.15, 0.2) is 66.7 Å². The Balaban J connectivity index is 1.30. The molecule has 1 N–H and O–H groups in total. The smallest absolute Gasteiger partial charge is 0.188 e. The van der Waals surface area contributed by atoms with Gasteiger partial charge in [-0.25, -0.2) is 4.98 Å². The number of benzene rings is 3. The van der Waals surface area contributed by atoms with E-state index in [-0.39, 0.29) is 5.92 Å². The van der Waals surface area contributed by atoms with E-state index in [1.165, 1.54) is 6.42 Å². The lowest BCUT2D eigenvalue weighted by Gasteiger charge is -2.23. The van der Waals surface area contributed by atoms with Gasteiger partial charge in [-0.05, 0) is 54.3 Å². The number of nitrogens with zero attached hydrogens (tertiary/aromatic N) is 1. The van der Waals surface area contributed by atoms with Gasteiger partial charge in [-0.15, -0.1) is 0 Å². The first kappa shape index (κ1) is 18.8. The molecule has 0 amide bonds. The number of Topliss-reactive ketones (excluding diaryl/α,β-unsaturated/α-hetero) is 1. The van der Waals surface area contributed by atoms with Gasteiger partial charge in [-0.2, -0.15) is 0 Å². The molecule has 5 rings (SSSR count). The highest BCUT2D eigenvalue weighted by Crippen LogP contribution is 2.32. The Hall–Kier alpha value is -3.18. The number of ether oxygens (including phenoxy) is 1. The third kappa shape index (κ3) is 3.68. The summed E-state index contributed by atoms with van der Waals surface area (Å²) in [5, 5.41) is 4.23. The van der Waals surface area contributed by atoms with Crippen molar-refractivity contribution in [2.75, 3.05) is 12.4 Å². The van der Waals surface area contributed by atoms with E-state index in [4.69, 9.17) is 4.74 Å². The van der Waals surface area contributed by atoms with E-state index in [1.807, 2.05) is 42.5 Å². The topological polar surface area (TPSA) is 51.2 Å². The van der Waals surface area contributed by atoms with Crippen LogP contribution in [0.2, 0.25) is 0 Å². The van der Waals surface area contributed by atoms with Crippen LogP contribution in [0.5, 0.6) is 5.75 Å². The van der Waals surface area contributed by atoms with Gasteiger partial charge in [-0.3, -0.25) is 4.79 Å². The maximum atomic E-state index is 12.4. The minimum Gasteiger partial charge on any atom is -0.497 e. The number of hydrogen-bond acceptors (Lipinski definition) is 5. The quantitative estimate of drug-likeness (QED) is 0.357. The molecule has 1 fully saturated rings. The van der Waals surface area contributed by atoms with Gasteiger partial charge in [0.15, 0.2) is 10.9 Å². The molecule has 0 spiro atoms. The zero-order valence-electron chi connectivity index (χ0n) is 16.7. The van der Waals surface area contributed by atoms with Crippen molar-refractivity contribution in [3.63, 3.8) is 0 Å². The number of thiazole rings is 1. The molecular formula is C25H22N2O2S. The largest absolute Gasteiger partial charge is 0.497 e. The predicted octanol–water partition coefficient (Wildman–Crippen LogP) is 6.70. The van der Waals surface area contributed by atoms with Crippen molar-refractivity contribution in [3.8, 4) is 16.9 Å². The van der Waals surface area contributed by atoms with Gasteiger partial charge < -0.3 is 10.1 Å². The monoisotopic (exact) mass is 414 g/mol. The number of carbonyl (C=O) groups excluding carboxylic acids is 1. The van der Waals surface area contributed by atoms with E-state index in [0.717, 1.165) is 56.3 Å². The minimum atomic E-state index is 0.241. The van der Waals surface area contributed by atoms with E-state index >= 15 is 0 Å². The molecule has 150 valence electrons. The molecule has 3 aromatic carbocycles. The maximum Gasteiger partial charge on any atom is 0.188 e. The van der Waals surface area contributed by atoms with Gasteiger partial charge in [0, 0.05) is 17.2 Å². The molecule has 1 aliphatic carbocycles. The van der Waals surface area contributed by atoms with Gasteiger partial charge in [0.2, 0.25) is 0 Å². The van der Waals surface area contributed by atoms with Crippen LogP contribution >= 0.6 is 11.3 Å². The fourth-order valence-electron chi connectivity index (χ4n) is 3.69. The highest BCUT2D eigenvalue weighted by molar-refractivity contribution is 7.22. The number of nitrogens with one attached hydrogen (secondary N) is 1. The summed E-state index contributed by atoms with van der Waals surface area (Å²) in [6, 6.07) is 22.2. The normalized spacial score (nSPS) is 13.8. The Labute approximate surface area is 179 Å². The number of fused-ring (bicyclic) bond motifs is 1. The lowest BCUT2D eigenvalue weighted by molar-refractivity contribution is 0.0855. The molecule has 0 saturated heterocycles. The zero-order chi connectivity index (χ0) is 20.5. The summed E-state index contributed by atoms with van der Waals surface area (Å²) in [6.45, 7) is 0. The molecular weight excluding hydrogens is 392 g/mol. The molecule has 0 bridgehead atoms. The summed E-state index contributed by atoms with van der Waals surface area (Å²) in [6.07, 6.45) is 3.26. The molecule has 1 heterocycles. The van der Waals surface area contributed by atoms with E-state index in [9.17, 15) is 4.79 Å². The number of ketones is 1. The summed E-state index contributed by atoms with van der Waals surface area (Å²) >= 11 is 1.60. The second kappa shape index (κ2) is 7.92. The van der Waals surface area contributed by atoms with Gasteiger partial charge >= 0.3 is 0 Å². The highest BCUT2D eigenvalue weighted by Gasteiger charge is 2.25. The standard InChI is InChI=1S/C25H22N2O2S/c1-29-21-13-14-22-23(15-21)30-25(27-22)26-20-11-9-17(10-12-20)16-5-7-19(8-6-16)24(28)18-3-2-4-18/h5-15,18H,2-4H2,1H3,(H,26,27). The van der Waals surface area contributed by atoms with Gasteiger partial charge in [0.1, 0.15) is 5.75 Å². The van der Waals surface area contributed by atoms with Gasteiger partial charge in [0.25, 0.3) is 0 Å². The third-order valence-electron chi connectivity index (χ3n) is 5.71. The van der Waals surface area contributed by atoms with Crippen molar-refractivity contribution in [1.82, 2.24) is 4.98 Å². The third-order valence-corrected chi connectivity index (χ3v) is 6.64. The Kier molecular flexibility index (Phi) is 4.97. The first-order chi connectivity index (χ1) is 14.7. The fraction of sp³-hybridized carbons (Fsp3) is 0.200. The van der Waals surface area contributed by atoms with E-state index in [0.29, 0.717) is 5.78 Å². The van der Waals surface area contributed by atoms with Gasteiger partial charge in [0.05, 0.1) is 17.3 Å². The highest BCUT2D eigenvalue weighted by atomic mass is 32.1. The van der Waals surface area contributed by atoms with Crippen molar-refractivity contribution >= 4 is 38.2 Å². The molecule has 0 atom stereocenters. The molecule has 1 saturated carbocycles. The number of hydrogen-bond donors (Lipinski definition) is 1. The van der Waals surface area contributed by atoms with E-state index < -0.39 is 0 Å². The second-order valence-electron chi connectivity index (χ2n) is 7.62. The van der Waals surface area contributed by atoms with Crippen LogP contribution in [0.1, 0.15) is 29.6 Å². The van der Waals surface area contributed by atoms with Crippen LogP contribution in [0.25, 0.3) is 21.3 Å². The van der Waals surface area contributed by atoms with Crippen LogP contribution in [-0.2, 0) is 0 Å². The average molecular weight is 415 g/mol. The predicted molar refractivity (Wildman–Crippen MR) is 123 cm³/mol. The van der Waals surface area contributed by atoms with Gasteiger partial charge in [-0.1, -0.05) is 54.2 Å². The Morgan fingerprint density at radius 1 is 1.00 bits per heavy atom. The molecule has 5 heteroatoms. The Morgan fingerprint density at radius 3 is 2.33 bits per heavy atom. The maximum absolute atomic E-state index is 12.4. The van der Waals surface area contributed by atoms with Crippen molar-refractivity contribution in [3.05, 3.63) is 72.3 Å². The van der Waals surface area contributed by atoms with Crippen molar-refractivity contribution in [2.24, 2.45) is 5.92 Å². The Bertz CT molecular complexity index is 1190. The zero-order valence-corrected chi connectivity index (χ0v) is 17.5. The van der Waals surface area contributed by atoms with Crippen molar-refractivity contribution in [2.45, 2.75) is 19.3 Å². The van der Waals surface area contributed by atoms with Crippen LogP contribution in [0.4, 0.5) is 10.8 Å². The minimum absolute atomic E-state index is 0.241. The molecule has 4 nitrogen and oxygen atoms in total. The van der Waals surface area contributed by atoms with Crippen molar-refractivity contribution < 1.29 is 9.53 Å². The number of aromatic nitrogens is 1. The van der Waals surface area contributed by atoms with Crippen molar-refractivity contribution in [1.29, 1.82) is 0 Å². The summed E-state index contributed by atoms with van der Waals surface area (Å²) in [4.78, 5) is 17.0. The molecule has 0 unspecified atom stereocenters. The number of carbonyl (C=O) groups is 1. The number of methoxy groups -OCH3 is 1. The van der Waals surface area contributed by atoms with Crippen LogP contribution in [-0.4, -0.2) is 17.9 Å².